The van der Waals surface area contributed by atoms with Crippen molar-refractivity contribution in [2.24, 2.45) is 0 Å². The van der Waals surface area contributed by atoms with Crippen molar-refractivity contribution >= 4 is 46.4 Å². The van der Waals surface area contributed by atoms with Gasteiger partial charge in [-0.1, -0.05) is 59.6 Å². The highest BCUT2D eigenvalue weighted by molar-refractivity contribution is 6.32. The van der Waals surface area contributed by atoms with E-state index in [0.717, 1.165) is 16.6 Å². The van der Waals surface area contributed by atoms with E-state index in [2.05, 4.69) is 4.98 Å². The Kier molecular flexibility index (Phi) is 4.97. The molecule has 134 valence electrons. The first-order chi connectivity index (χ1) is 13.1. The lowest BCUT2D eigenvalue weighted by atomic mass is 10.2. The molecule has 0 aliphatic heterocycles. The maximum Gasteiger partial charge on any atom is 0.134 e. The van der Waals surface area contributed by atoms with Gasteiger partial charge in [0.2, 0.25) is 0 Å². The smallest absolute Gasteiger partial charge is 0.134 e. The van der Waals surface area contributed by atoms with Crippen LogP contribution in [0.5, 0.6) is 0 Å². The van der Waals surface area contributed by atoms with Crippen molar-refractivity contribution in [2.45, 2.75) is 6.54 Å². The molecule has 0 saturated carbocycles. The number of halogens is 3. The largest absolute Gasteiger partial charge is 0.320 e. The van der Waals surface area contributed by atoms with E-state index in [0.29, 0.717) is 21.4 Å². The number of hydrogen-bond donors (Lipinski definition) is 0. The molecule has 0 spiro atoms. The third-order valence-electron chi connectivity index (χ3n) is 4.38. The second-order valence-electron chi connectivity index (χ2n) is 6.10. The van der Waals surface area contributed by atoms with Crippen LogP contribution >= 0.6 is 23.2 Å². The number of rotatable bonds is 4. The molecule has 0 aliphatic rings. The summed E-state index contributed by atoms with van der Waals surface area (Å²) in [6.45, 7) is 0.286. The van der Waals surface area contributed by atoms with Crippen LogP contribution in [0.4, 0.5) is 4.39 Å². The van der Waals surface area contributed by atoms with Crippen LogP contribution in [-0.4, -0.2) is 9.55 Å². The molecule has 1 heterocycles. The maximum atomic E-state index is 14.3. The van der Waals surface area contributed by atoms with Gasteiger partial charge in [0.25, 0.3) is 0 Å². The molecule has 1 aromatic heterocycles. The second kappa shape index (κ2) is 7.55. The van der Waals surface area contributed by atoms with Crippen molar-refractivity contribution in [1.29, 1.82) is 0 Å². The van der Waals surface area contributed by atoms with Gasteiger partial charge in [-0.05, 0) is 48.0 Å². The van der Waals surface area contributed by atoms with E-state index in [1.54, 1.807) is 12.1 Å². The summed E-state index contributed by atoms with van der Waals surface area (Å²) >= 11 is 12.5. The van der Waals surface area contributed by atoms with Gasteiger partial charge in [-0.2, -0.15) is 0 Å². The molecule has 5 heteroatoms. The Balaban J connectivity index is 1.81. The third-order valence-corrected chi connectivity index (χ3v) is 5.08. The Morgan fingerprint density at radius 2 is 1.59 bits per heavy atom. The van der Waals surface area contributed by atoms with Crippen LogP contribution in [0.15, 0.2) is 66.7 Å². The Morgan fingerprint density at radius 1 is 0.852 bits per heavy atom. The molecule has 4 aromatic rings. The number of nitrogens with zero attached hydrogens (tertiary/aromatic N) is 2. The molecule has 0 amide bonds. The van der Waals surface area contributed by atoms with Gasteiger partial charge < -0.3 is 4.57 Å². The number of hydrogen-bond acceptors (Lipinski definition) is 1. The fourth-order valence-electron chi connectivity index (χ4n) is 3.00. The number of para-hydroxylation sites is 2. The molecule has 0 aliphatic carbocycles. The minimum atomic E-state index is -0.332. The summed E-state index contributed by atoms with van der Waals surface area (Å²) in [4.78, 5) is 4.68. The highest BCUT2D eigenvalue weighted by Gasteiger charge is 2.13. The summed E-state index contributed by atoms with van der Waals surface area (Å²) in [7, 11) is 0. The summed E-state index contributed by atoms with van der Waals surface area (Å²) < 4.78 is 16.3. The van der Waals surface area contributed by atoms with Crippen LogP contribution in [0.3, 0.4) is 0 Å². The summed E-state index contributed by atoms with van der Waals surface area (Å²) in [5, 5.41) is 1.06. The molecule has 0 fully saturated rings. The molecule has 0 radical (unpaired) electrons. The molecule has 0 bridgehead atoms. The van der Waals surface area contributed by atoms with Gasteiger partial charge in [0.1, 0.15) is 11.6 Å². The lowest BCUT2D eigenvalue weighted by molar-refractivity contribution is 0.601. The van der Waals surface area contributed by atoms with Gasteiger partial charge >= 0.3 is 0 Å². The van der Waals surface area contributed by atoms with Crippen LogP contribution in [0, 0.1) is 5.82 Å². The molecule has 0 N–H and O–H groups in total. The van der Waals surface area contributed by atoms with Crippen molar-refractivity contribution in [3.8, 4) is 0 Å². The van der Waals surface area contributed by atoms with E-state index in [1.807, 2.05) is 65.3 Å². The fraction of sp³-hybridized carbons (Fsp3) is 0.0455. The van der Waals surface area contributed by atoms with Crippen molar-refractivity contribution in [1.82, 2.24) is 9.55 Å². The van der Waals surface area contributed by atoms with Gasteiger partial charge in [-0.3, -0.25) is 0 Å². The number of imidazole rings is 1. The minimum Gasteiger partial charge on any atom is -0.320 e. The van der Waals surface area contributed by atoms with Crippen LogP contribution in [0.2, 0.25) is 10.0 Å². The Hall–Kier alpha value is -2.62. The Morgan fingerprint density at radius 3 is 2.41 bits per heavy atom. The lowest BCUT2D eigenvalue weighted by Gasteiger charge is -2.10. The molecular formula is C22H15Cl2FN2. The summed E-state index contributed by atoms with van der Waals surface area (Å²) in [6, 6.07) is 20.0. The molecule has 27 heavy (non-hydrogen) atoms. The molecule has 0 unspecified atom stereocenters. The maximum absolute atomic E-state index is 14.3. The topological polar surface area (TPSA) is 17.8 Å². The highest BCUT2D eigenvalue weighted by Crippen LogP contribution is 2.25. The SMILES string of the molecule is Fc1cccc(Cl)c1Cn1c(C=Cc2ccccc2Cl)nc2ccccc21. The minimum absolute atomic E-state index is 0.286. The molecular weight excluding hydrogens is 382 g/mol. The van der Waals surface area contributed by atoms with Crippen LogP contribution in [0.1, 0.15) is 17.0 Å². The van der Waals surface area contributed by atoms with Gasteiger partial charge in [0.15, 0.2) is 0 Å². The van der Waals surface area contributed by atoms with Gasteiger partial charge in [0.05, 0.1) is 17.6 Å². The molecule has 3 aromatic carbocycles. The zero-order chi connectivity index (χ0) is 18.8. The summed E-state index contributed by atoms with van der Waals surface area (Å²) in [5.41, 5.74) is 3.08. The molecule has 2 nitrogen and oxygen atoms in total. The van der Waals surface area contributed by atoms with E-state index in [9.17, 15) is 4.39 Å². The number of aromatic nitrogens is 2. The fourth-order valence-corrected chi connectivity index (χ4v) is 3.43. The van der Waals surface area contributed by atoms with E-state index >= 15 is 0 Å². The standard InChI is InChI=1S/C22H15Cl2FN2/c23-17-7-2-1-6-15(17)12-13-22-26-20-10-3-4-11-21(20)27(22)14-16-18(24)8-5-9-19(16)25/h1-13H,14H2. The molecule has 0 atom stereocenters. The lowest BCUT2D eigenvalue weighted by Crippen LogP contribution is -2.05. The van der Waals surface area contributed by atoms with E-state index in [4.69, 9.17) is 23.2 Å². The van der Waals surface area contributed by atoms with E-state index in [-0.39, 0.29) is 12.4 Å². The van der Waals surface area contributed by atoms with E-state index in [1.165, 1.54) is 6.07 Å². The number of benzene rings is 3. The zero-order valence-corrected chi connectivity index (χ0v) is 15.8. The van der Waals surface area contributed by atoms with Gasteiger partial charge in [-0.15, -0.1) is 0 Å². The molecule has 4 rings (SSSR count). The van der Waals surface area contributed by atoms with E-state index < -0.39 is 0 Å². The first-order valence-electron chi connectivity index (χ1n) is 8.44. The third kappa shape index (κ3) is 3.61. The first-order valence-corrected chi connectivity index (χ1v) is 9.20. The van der Waals surface area contributed by atoms with Crippen molar-refractivity contribution in [3.63, 3.8) is 0 Å². The second-order valence-corrected chi connectivity index (χ2v) is 6.91. The van der Waals surface area contributed by atoms with Crippen LogP contribution < -0.4 is 0 Å². The van der Waals surface area contributed by atoms with Crippen LogP contribution in [0.25, 0.3) is 23.2 Å². The quantitative estimate of drug-likeness (QED) is 0.375. The average Bonchev–Trinajstić information content (AvgIpc) is 3.02. The van der Waals surface area contributed by atoms with Crippen molar-refractivity contribution < 1.29 is 4.39 Å². The molecule has 0 saturated heterocycles. The Bertz CT molecular complexity index is 1130. The normalized spacial score (nSPS) is 11.5. The Labute approximate surface area is 166 Å². The highest BCUT2D eigenvalue weighted by atomic mass is 35.5. The number of fused-ring (bicyclic) bond motifs is 1. The monoisotopic (exact) mass is 396 g/mol. The average molecular weight is 397 g/mol. The zero-order valence-electron chi connectivity index (χ0n) is 14.2. The summed E-state index contributed by atoms with van der Waals surface area (Å²) in [5.74, 6) is 0.372. The van der Waals surface area contributed by atoms with Gasteiger partial charge in [-0.25, -0.2) is 9.37 Å². The predicted octanol–water partition coefficient (Wildman–Crippen LogP) is 6.70. The van der Waals surface area contributed by atoms with Crippen LogP contribution in [-0.2, 0) is 6.54 Å². The summed E-state index contributed by atoms with van der Waals surface area (Å²) in [6.07, 6.45) is 3.79. The predicted molar refractivity (Wildman–Crippen MR) is 111 cm³/mol. The van der Waals surface area contributed by atoms with Crippen molar-refractivity contribution in [2.75, 3.05) is 0 Å². The first kappa shape index (κ1) is 17.8. The van der Waals surface area contributed by atoms with Gasteiger partial charge in [0, 0.05) is 15.6 Å². The van der Waals surface area contributed by atoms with Crippen molar-refractivity contribution in [3.05, 3.63) is 99.5 Å².